The number of ether oxygens (including phenoxy) is 3. The summed E-state index contributed by atoms with van der Waals surface area (Å²) in [6.07, 6.45) is 7.75. The van der Waals surface area contributed by atoms with E-state index in [1.807, 2.05) is 56.0 Å². The highest BCUT2D eigenvalue weighted by Gasteiger charge is 2.20. The van der Waals surface area contributed by atoms with Crippen LogP contribution in [-0.4, -0.2) is 35.7 Å². The third-order valence-electron chi connectivity index (χ3n) is 4.92. The maximum absolute atomic E-state index is 6.07. The van der Waals surface area contributed by atoms with Gasteiger partial charge in [0.05, 0.1) is 14.2 Å². The number of aromatic nitrogens is 3. The molecule has 1 aliphatic rings. The number of benzene rings is 1. The van der Waals surface area contributed by atoms with Crippen LogP contribution < -0.4 is 24.0 Å². The highest BCUT2D eigenvalue weighted by molar-refractivity contribution is 5.65. The van der Waals surface area contributed by atoms with Gasteiger partial charge >= 0.3 is 0 Å². The average Bonchev–Trinajstić information content (AvgIpc) is 3.42. The number of methoxy groups -OCH3 is 2. The van der Waals surface area contributed by atoms with Crippen molar-refractivity contribution >= 4 is 11.5 Å². The molecule has 3 heterocycles. The molecule has 30 heavy (non-hydrogen) atoms. The number of hydrogen-bond acceptors (Lipinski definition) is 7. The van der Waals surface area contributed by atoms with Crippen molar-refractivity contribution in [3.63, 3.8) is 0 Å². The summed E-state index contributed by atoms with van der Waals surface area (Å²) < 4.78 is 18.5. The van der Waals surface area contributed by atoms with Crippen molar-refractivity contribution in [2.45, 2.75) is 13.5 Å². The van der Waals surface area contributed by atoms with Crippen LogP contribution in [0.25, 0.3) is 0 Å². The SMILES string of the molecule is COc1ccc(COc2cc(N3C=CN(c4ccn(C)n4)C3)c(C)cc2OC)cn1. The zero-order valence-electron chi connectivity index (χ0n) is 17.6. The fourth-order valence-electron chi connectivity index (χ4n) is 3.29. The molecule has 0 spiro atoms. The lowest BCUT2D eigenvalue weighted by Crippen LogP contribution is -2.25. The Hall–Kier alpha value is -3.68. The number of nitrogens with zero attached hydrogens (tertiary/aromatic N) is 5. The molecule has 3 aromatic rings. The Morgan fingerprint density at radius 1 is 1.00 bits per heavy atom. The van der Waals surface area contributed by atoms with Gasteiger partial charge in [-0.1, -0.05) is 0 Å². The third-order valence-corrected chi connectivity index (χ3v) is 4.92. The highest BCUT2D eigenvalue weighted by atomic mass is 16.5. The first-order valence-corrected chi connectivity index (χ1v) is 9.59. The van der Waals surface area contributed by atoms with Gasteiger partial charge in [0.15, 0.2) is 17.3 Å². The van der Waals surface area contributed by atoms with Crippen LogP contribution >= 0.6 is 0 Å². The van der Waals surface area contributed by atoms with Crippen LogP contribution in [-0.2, 0) is 13.7 Å². The van der Waals surface area contributed by atoms with Crippen LogP contribution in [0, 0.1) is 6.92 Å². The minimum atomic E-state index is 0.381. The molecule has 4 rings (SSSR count). The van der Waals surface area contributed by atoms with E-state index in [2.05, 4.69) is 26.8 Å². The van der Waals surface area contributed by atoms with Crippen molar-refractivity contribution in [1.82, 2.24) is 14.8 Å². The van der Waals surface area contributed by atoms with Gasteiger partial charge in [0.1, 0.15) is 13.3 Å². The molecular formula is C22H25N5O3. The minimum absolute atomic E-state index is 0.381. The zero-order chi connectivity index (χ0) is 21.1. The fraction of sp³-hybridized carbons (Fsp3) is 0.273. The average molecular weight is 407 g/mol. The summed E-state index contributed by atoms with van der Waals surface area (Å²) in [7, 11) is 5.16. The van der Waals surface area contributed by atoms with Gasteiger partial charge in [-0.3, -0.25) is 4.68 Å². The van der Waals surface area contributed by atoms with Crippen LogP contribution in [0.15, 0.2) is 55.1 Å². The summed E-state index contributed by atoms with van der Waals surface area (Å²) in [5.41, 5.74) is 3.09. The summed E-state index contributed by atoms with van der Waals surface area (Å²) in [6.45, 7) is 3.12. The smallest absolute Gasteiger partial charge is 0.212 e. The molecule has 0 N–H and O–H groups in total. The maximum Gasteiger partial charge on any atom is 0.212 e. The van der Waals surface area contributed by atoms with Gasteiger partial charge < -0.3 is 24.0 Å². The van der Waals surface area contributed by atoms with E-state index < -0.39 is 0 Å². The molecule has 0 radical (unpaired) electrons. The summed E-state index contributed by atoms with van der Waals surface area (Å²) in [5, 5.41) is 4.47. The van der Waals surface area contributed by atoms with Crippen LogP contribution in [0.1, 0.15) is 11.1 Å². The molecule has 1 aliphatic heterocycles. The molecule has 0 saturated heterocycles. The van der Waals surface area contributed by atoms with Gasteiger partial charge in [0.2, 0.25) is 5.88 Å². The second-order valence-electron chi connectivity index (χ2n) is 7.01. The summed E-state index contributed by atoms with van der Waals surface area (Å²) in [4.78, 5) is 8.47. The zero-order valence-corrected chi connectivity index (χ0v) is 17.6. The lowest BCUT2D eigenvalue weighted by atomic mass is 10.1. The predicted octanol–water partition coefficient (Wildman–Crippen LogP) is 3.48. The van der Waals surface area contributed by atoms with Gasteiger partial charge in [-0.2, -0.15) is 5.10 Å². The molecule has 156 valence electrons. The first kappa shape index (κ1) is 19.6. The van der Waals surface area contributed by atoms with E-state index in [-0.39, 0.29) is 0 Å². The Morgan fingerprint density at radius 2 is 1.83 bits per heavy atom. The number of aryl methyl sites for hydroxylation is 2. The minimum Gasteiger partial charge on any atom is -0.493 e. The lowest BCUT2D eigenvalue weighted by Gasteiger charge is -2.23. The second kappa shape index (κ2) is 8.36. The Labute approximate surface area is 175 Å². The standard InChI is InChI=1S/C22H25N5O3/c1-16-11-19(28-3)20(30-14-17-5-6-22(29-4)23-13-17)12-18(16)26-9-10-27(15-26)21-7-8-25(2)24-21/h5-13H,14-15H2,1-4H3. The van der Waals surface area contributed by atoms with Gasteiger partial charge in [-0.25, -0.2) is 4.98 Å². The molecule has 1 aromatic carbocycles. The largest absolute Gasteiger partial charge is 0.493 e. The van der Waals surface area contributed by atoms with Crippen molar-refractivity contribution in [1.29, 1.82) is 0 Å². The summed E-state index contributed by atoms with van der Waals surface area (Å²) in [6, 6.07) is 9.75. The van der Waals surface area contributed by atoms with E-state index in [9.17, 15) is 0 Å². The monoisotopic (exact) mass is 407 g/mol. The van der Waals surface area contributed by atoms with Gasteiger partial charge in [-0.15, -0.1) is 0 Å². The molecule has 8 heteroatoms. The normalized spacial score (nSPS) is 13.1. The third kappa shape index (κ3) is 4.03. The molecular weight excluding hydrogens is 382 g/mol. The Balaban J connectivity index is 1.52. The van der Waals surface area contributed by atoms with E-state index in [1.54, 1.807) is 25.1 Å². The van der Waals surface area contributed by atoms with Crippen LogP contribution in [0.2, 0.25) is 0 Å². The molecule has 0 fully saturated rings. The first-order valence-electron chi connectivity index (χ1n) is 9.59. The molecule has 8 nitrogen and oxygen atoms in total. The fourth-order valence-corrected chi connectivity index (χ4v) is 3.29. The Kier molecular flexibility index (Phi) is 5.47. The second-order valence-corrected chi connectivity index (χ2v) is 7.01. The van der Waals surface area contributed by atoms with Crippen molar-refractivity contribution in [3.05, 3.63) is 66.3 Å². The molecule has 0 bridgehead atoms. The summed E-state index contributed by atoms with van der Waals surface area (Å²) in [5.74, 6) is 2.86. The van der Waals surface area contributed by atoms with E-state index >= 15 is 0 Å². The molecule has 0 saturated carbocycles. The van der Waals surface area contributed by atoms with Crippen LogP contribution in [0.3, 0.4) is 0 Å². The summed E-state index contributed by atoms with van der Waals surface area (Å²) >= 11 is 0. The van der Waals surface area contributed by atoms with E-state index in [1.165, 1.54) is 0 Å². The highest BCUT2D eigenvalue weighted by Crippen LogP contribution is 2.37. The molecule has 0 aliphatic carbocycles. The Bertz CT molecular complexity index is 1050. The van der Waals surface area contributed by atoms with Crippen LogP contribution in [0.4, 0.5) is 11.5 Å². The number of anilines is 2. The molecule has 0 amide bonds. The molecule has 0 unspecified atom stereocenters. The van der Waals surface area contributed by atoms with Gasteiger partial charge in [0.25, 0.3) is 0 Å². The quantitative estimate of drug-likeness (QED) is 0.594. The van der Waals surface area contributed by atoms with Crippen LogP contribution in [0.5, 0.6) is 17.4 Å². The number of rotatable bonds is 7. The predicted molar refractivity (Wildman–Crippen MR) is 115 cm³/mol. The van der Waals surface area contributed by atoms with Crippen molar-refractivity contribution in [2.24, 2.45) is 7.05 Å². The van der Waals surface area contributed by atoms with Gasteiger partial charge in [-0.05, 0) is 24.6 Å². The van der Waals surface area contributed by atoms with Crippen molar-refractivity contribution in [2.75, 3.05) is 30.7 Å². The number of hydrogen-bond donors (Lipinski definition) is 0. The Morgan fingerprint density at radius 3 is 2.50 bits per heavy atom. The molecule has 0 atom stereocenters. The maximum atomic E-state index is 6.07. The first-order chi connectivity index (χ1) is 14.6. The topological polar surface area (TPSA) is 64.9 Å². The van der Waals surface area contributed by atoms with E-state index in [4.69, 9.17) is 14.2 Å². The van der Waals surface area contributed by atoms with E-state index in [0.29, 0.717) is 30.7 Å². The lowest BCUT2D eigenvalue weighted by molar-refractivity contribution is 0.283. The van der Waals surface area contributed by atoms with Crippen molar-refractivity contribution in [3.8, 4) is 17.4 Å². The van der Waals surface area contributed by atoms with Crippen molar-refractivity contribution < 1.29 is 14.2 Å². The van der Waals surface area contributed by atoms with Gasteiger partial charge in [0, 0.05) is 61.3 Å². The number of pyridine rings is 1. The van der Waals surface area contributed by atoms with E-state index in [0.717, 1.165) is 22.6 Å². The molecule has 2 aromatic heterocycles.